The van der Waals surface area contributed by atoms with Crippen molar-refractivity contribution in [3.63, 3.8) is 0 Å². The predicted octanol–water partition coefficient (Wildman–Crippen LogP) is 0.979. The average molecular weight is 196 g/mol. The van der Waals surface area contributed by atoms with Crippen LogP contribution in [0.3, 0.4) is 0 Å². The molecule has 0 saturated carbocycles. The molecular weight excluding hydrogens is 184 g/mol. The Bertz CT molecular complexity index is 324. The molecule has 0 heterocycles. The Morgan fingerprint density at radius 3 is 1.29 bits per heavy atom. The standard InChI is InChI=1S/C10H12O4/c1-5-7(11)10(14-4)6(2)8(12)9(5)13-3/h1-4H3. The Balaban J connectivity index is 3.28. The number of allylic oxidation sites excluding steroid dienone is 2. The van der Waals surface area contributed by atoms with Gasteiger partial charge in [-0.1, -0.05) is 0 Å². The summed E-state index contributed by atoms with van der Waals surface area (Å²) in [6.07, 6.45) is 0. The molecule has 0 aromatic heterocycles. The van der Waals surface area contributed by atoms with E-state index in [1.54, 1.807) is 13.8 Å². The van der Waals surface area contributed by atoms with Crippen molar-refractivity contribution in [2.24, 2.45) is 0 Å². The Labute approximate surface area is 82.2 Å². The summed E-state index contributed by atoms with van der Waals surface area (Å²) in [5.74, 6) is -0.371. The number of Topliss-reactive ketones (excluding diaryl/α,β-unsaturated/α-hetero) is 2. The van der Waals surface area contributed by atoms with Crippen molar-refractivity contribution in [2.75, 3.05) is 14.2 Å². The zero-order valence-corrected chi connectivity index (χ0v) is 8.63. The molecule has 0 N–H and O–H groups in total. The van der Waals surface area contributed by atoms with E-state index in [0.717, 1.165) is 0 Å². The molecule has 1 aliphatic rings. The lowest BCUT2D eigenvalue weighted by Gasteiger charge is -2.17. The molecule has 0 saturated heterocycles. The fourth-order valence-corrected chi connectivity index (χ4v) is 1.38. The fraction of sp³-hybridized carbons (Fsp3) is 0.400. The maximum atomic E-state index is 11.6. The van der Waals surface area contributed by atoms with Crippen LogP contribution in [0.2, 0.25) is 0 Å². The highest BCUT2D eigenvalue weighted by Gasteiger charge is 2.31. The van der Waals surface area contributed by atoms with Crippen LogP contribution in [0, 0.1) is 0 Å². The Hall–Kier alpha value is -1.58. The predicted molar refractivity (Wildman–Crippen MR) is 49.4 cm³/mol. The zero-order chi connectivity index (χ0) is 10.9. The van der Waals surface area contributed by atoms with E-state index >= 15 is 0 Å². The van der Waals surface area contributed by atoms with Gasteiger partial charge < -0.3 is 9.47 Å². The molecule has 14 heavy (non-hydrogen) atoms. The molecular formula is C10H12O4. The minimum Gasteiger partial charge on any atom is -0.492 e. The van der Waals surface area contributed by atoms with Gasteiger partial charge in [0.2, 0.25) is 11.6 Å². The molecule has 0 aromatic carbocycles. The third-order valence-electron chi connectivity index (χ3n) is 2.18. The minimum absolute atomic E-state index is 0.105. The summed E-state index contributed by atoms with van der Waals surface area (Å²) < 4.78 is 9.74. The van der Waals surface area contributed by atoms with Gasteiger partial charge in [0.05, 0.1) is 14.2 Å². The molecule has 0 amide bonds. The Morgan fingerprint density at radius 1 is 0.786 bits per heavy atom. The SMILES string of the molecule is COC1=C(C)C(=O)C(OC)=C(C)C1=O. The lowest BCUT2D eigenvalue weighted by Crippen LogP contribution is -2.23. The second kappa shape index (κ2) is 3.65. The average Bonchev–Trinajstić information content (AvgIpc) is 2.17. The van der Waals surface area contributed by atoms with E-state index in [4.69, 9.17) is 9.47 Å². The van der Waals surface area contributed by atoms with E-state index in [1.807, 2.05) is 0 Å². The van der Waals surface area contributed by atoms with Gasteiger partial charge in [-0.05, 0) is 13.8 Å². The van der Waals surface area contributed by atoms with Crippen LogP contribution in [0.25, 0.3) is 0 Å². The summed E-state index contributed by atoms with van der Waals surface area (Å²) in [7, 11) is 2.74. The van der Waals surface area contributed by atoms with Gasteiger partial charge in [-0.25, -0.2) is 0 Å². The second-order valence-electron chi connectivity index (χ2n) is 2.97. The van der Waals surface area contributed by atoms with E-state index in [0.29, 0.717) is 11.1 Å². The van der Waals surface area contributed by atoms with Crippen LogP contribution in [-0.4, -0.2) is 25.8 Å². The minimum atomic E-state index is -0.290. The number of hydrogen-bond acceptors (Lipinski definition) is 4. The molecule has 0 spiro atoms. The number of hydrogen-bond donors (Lipinski definition) is 0. The van der Waals surface area contributed by atoms with Gasteiger partial charge in [-0.2, -0.15) is 0 Å². The van der Waals surface area contributed by atoms with Crippen LogP contribution in [0.5, 0.6) is 0 Å². The molecule has 0 radical (unpaired) electrons. The van der Waals surface area contributed by atoms with Crippen molar-refractivity contribution in [3.05, 3.63) is 22.7 Å². The maximum absolute atomic E-state index is 11.6. The van der Waals surface area contributed by atoms with Gasteiger partial charge >= 0.3 is 0 Å². The highest BCUT2D eigenvalue weighted by atomic mass is 16.5. The van der Waals surface area contributed by atoms with Crippen LogP contribution in [0.1, 0.15) is 13.8 Å². The van der Waals surface area contributed by atoms with Crippen LogP contribution in [0.15, 0.2) is 22.7 Å². The molecule has 1 aliphatic carbocycles. The van der Waals surface area contributed by atoms with Gasteiger partial charge in [0.1, 0.15) is 0 Å². The van der Waals surface area contributed by atoms with E-state index in [9.17, 15) is 9.59 Å². The van der Waals surface area contributed by atoms with E-state index in [2.05, 4.69) is 0 Å². The van der Waals surface area contributed by atoms with Crippen molar-refractivity contribution in [3.8, 4) is 0 Å². The highest BCUT2D eigenvalue weighted by Crippen LogP contribution is 2.24. The van der Waals surface area contributed by atoms with Gasteiger partial charge in [0.15, 0.2) is 11.5 Å². The Kier molecular flexibility index (Phi) is 2.74. The fourth-order valence-electron chi connectivity index (χ4n) is 1.38. The summed E-state index contributed by atoms with van der Waals surface area (Å²) in [5, 5.41) is 0. The number of ether oxygens (including phenoxy) is 2. The number of rotatable bonds is 2. The van der Waals surface area contributed by atoms with Crippen LogP contribution in [0.4, 0.5) is 0 Å². The first-order valence-electron chi connectivity index (χ1n) is 4.13. The number of carbonyl (C=O) groups is 2. The van der Waals surface area contributed by atoms with Crippen molar-refractivity contribution in [2.45, 2.75) is 13.8 Å². The van der Waals surface area contributed by atoms with Crippen LogP contribution in [-0.2, 0) is 19.1 Å². The topological polar surface area (TPSA) is 52.6 Å². The number of ketones is 2. The molecule has 0 fully saturated rings. The van der Waals surface area contributed by atoms with Crippen molar-refractivity contribution in [1.82, 2.24) is 0 Å². The van der Waals surface area contributed by atoms with Crippen molar-refractivity contribution in [1.29, 1.82) is 0 Å². The summed E-state index contributed by atoms with van der Waals surface area (Å²) >= 11 is 0. The van der Waals surface area contributed by atoms with E-state index in [-0.39, 0.29) is 23.1 Å². The largest absolute Gasteiger partial charge is 0.492 e. The molecule has 0 aromatic rings. The van der Waals surface area contributed by atoms with Gasteiger partial charge in [0.25, 0.3) is 0 Å². The van der Waals surface area contributed by atoms with Crippen molar-refractivity contribution < 1.29 is 19.1 Å². The smallest absolute Gasteiger partial charge is 0.227 e. The third-order valence-corrected chi connectivity index (χ3v) is 2.18. The first-order valence-corrected chi connectivity index (χ1v) is 4.13. The Morgan fingerprint density at radius 2 is 1.07 bits per heavy atom. The molecule has 1 rings (SSSR count). The highest BCUT2D eigenvalue weighted by molar-refractivity contribution is 6.23. The molecule has 0 bridgehead atoms. The van der Waals surface area contributed by atoms with E-state index < -0.39 is 0 Å². The van der Waals surface area contributed by atoms with Crippen molar-refractivity contribution >= 4 is 11.6 Å². The molecule has 76 valence electrons. The normalized spacial score (nSPS) is 17.7. The first-order chi connectivity index (χ1) is 6.54. The zero-order valence-electron chi connectivity index (χ0n) is 8.63. The molecule has 0 aliphatic heterocycles. The summed E-state index contributed by atoms with van der Waals surface area (Å²) in [5.41, 5.74) is 0.583. The lowest BCUT2D eigenvalue weighted by molar-refractivity contribution is -0.120. The maximum Gasteiger partial charge on any atom is 0.227 e. The number of methoxy groups -OCH3 is 2. The summed E-state index contributed by atoms with van der Waals surface area (Å²) in [6.45, 7) is 3.09. The monoisotopic (exact) mass is 196 g/mol. The van der Waals surface area contributed by atoms with Crippen LogP contribution >= 0.6 is 0 Å². The van der Waals surface area contributed by atoms with Crippen LogP contribution < -0.4 is 0 Å². The summed E-state index contributed by atoms with van der Waals surface area (Å²) in [4.78, 5) is 23.2. The molecule has 4 nitrogen and oxygen atoms in total. The third kappa shape index (κ3) is 1.32. The second-order valence-corrected chi connectivity index (χ2v) is 2.97. The summed E-state index contributed by atoms with van der Waals surface area (Å²) in [6, 6.07) is 0. The van der Waals surface area contributed by atoms with Gasteiger partial charge in [-0.15, -0.1) is 0 Å². The van der Waals surface area contributed by atoms with Gasteiger partial charge in [-0.3, -0.25) is 9.59 Å². The number of carbonyl (C=O) groups excluding carboxylic acids is 2. The quantitative estimate of drug-likeness (QED) is 0.618. The molecule has 0 unspecified atom stereocenters. The van der Waals surface area contributed by atoms with E-state index in [1.165, 1.54) is 14.2 Å². The molecule has 4 heteroatoms. The molecule has 0 atom stereocenters. The lowest BCUT2D eigenvalue weighted by atomic mass is 9.95. The first kappa shape index (κ1) is 10.5. The van der Waals surface area contributed by atoms with Gasteiger partial charge in [0, 0.05) is 11.1 Å².